The van der Waals surface area contributed by atoms with Crippen LogP contribution in [0.1, 0.15) is 45.1 Å². The molecule has 0 bridgehead atoms. The summed E-state index contributed by atoms with van der Waals surface area (Å²) in [5.74, 6) is 0. The first-order valence-electron chi connectivity index (χ1n) is 10.0. The lowest BCUT2D eigenvalue weighted by molar-refractivity contribution is 0.301. The molecule has 1 aromatic rings. The van der Waals surface area contributed by atoms with Crippen LogP contribution in [0.25, 0.3) is 5.57 Å². The maximum atomic E-state index is 4.27. The van der Waals surface area contributed by atoms with Crippen LogP contribution in [0.4, 0.5) is 5.69 Å². The predicted molar refractivity (Wildman–Crippen MR) is 119 cm³/mol. The summed E-state index contributed by atoms with van der Waals surface area (Å²) in [5, 5.41) is 3.39. The van der Waals surface area contributed by atoms with E-state index in [4.69, 9.17) is 0 Å². The highest BCUT2D eigenvalue weighted by Gasteiger charge is 2.19. The monoisotopic (exact) mass is 365 g/mol. The first-order valence-corrected chi connectivity index (χ1v) is 10.0. The molecule has 146 valence electrons. The molecule has 0 aliphatic carbocycles. The zero-order valence-corrected chi connectivity index (χ0v) is 17.2. The van der Waals surface area contributed by atoms with Gasteiger partial charge in [0.25, 0.3) is 0 Å². The van der Waals surface area contributed by atoms with Crippen molar-refractivity contribution in [2.75, 3.05) is 31.5 Å². The first kappa shape index (κ1) is 21.0. The Hall–Kier alpha value is -2.26. The normalized spacial score (nSPS) is 14.1. The summed E-state index contributed by atoms with van der Waals surface area (Å²) in [7, 11) is 0. The highest BCUT2D eigenvalue weighted by atomic mass is 15.2. The SMILES string of the molecule is C=C(CN1C(=C)CCC1=C)Nc1ccc(C(=C)CCCN(CC)CC)cc1. The molecule has 27 heavy (non-hydrogen) atoms. The van der Waals surface area contributed by atoms with Crippen LogP contribution in [0.15, 0.2) is 67.7 Å². The molecule has 1 heterocycles. The van der Waals surface area contributed by atoms with Crippen LogP contribution in [-0.4, -0.2) is 36.0 Å². The summed E-state index contributed by atoms with van der Waals surface area (Å²) in [6.07, 6.45) is 4.19. The van der Waals surface area contributed by atoms with Crippen molar-refractivity contribution in [2.24, 2.45) is 0 Å². The van der Waals surface area contributed by atoms with Crippen molar-refractivity contribution < 1.29 is 0 Å². The molecule has 0 aromatic heterocycles. The van der Waals surface area contributed by atoms with Gasteiger partial charge in [0, 0.05) is 22.8 Å². The maximum Gasteiger partial charge on any atom is 0.0619 e. The highest BCUT2D eigenvalue weighted by molar-refractivity contribution is 5.65. The molecule has 3 nitrogen and oxygen atoms in total. The van der Waals surface area contributed by atoms with E-state index in [9.17, 15) is 0 Å². The van der Waals surface area contributed by atoms with Gasteiger partial charge in [0.1, 0.15) is 0 Å². The van der Waals surface area contributed by atoms with Crippen molar-refractivity contribution in [3.05, 3.63) is 73.2 Å². The minimum absolute atomic E-state index is 0.720. The van der Waals surface area contributed by atoms with Gasteiger partial charge in [0.05, 0.1) is 6.54 Å². The van der Waals surface area contributed by atoms with E-state index in [1.807, 2.05) is 0 Å². The molecule has 1 aliphatic rings. The van der Waals surface area contributed by atoms with Gasteiger partial charge >= 0.3 is 0 Å². The van der Waals surface area contributed by atoms with Crippen molar-refractivity contribution in [2.45, 2.75) is 39.5 Å². The van der Waals surface area contributed by atoms with E-state index in [2.05, 4.69) is 79.5 Å². The minimum atomic E-state index is 0.720. The first-order chi connectivity index (χ1) is 12.9. The molecule has 2 rings (SSSR count). The zero-order valence-electron chi connectivity index (χ0n) is 17.2. The van der Waals surface area contributed by atoms with Crippen molar-refractivity contribution in [3.8, 4) is 0 Å². The van der Waals surface area contributed by atoms with E-state index < -0.39 is 0 Å². The average molecular weight is 366 g/mol. The van der Waals surface area contributed by atoms with E-state index in [0.29, 0.717) is 0 Å². The number of hydrogen-bond donors (Lipinski definition) is 1. The Morgan fingerprint density at radius 2 is 1.63 bits per heavy atom. The Morgan fingerprint density at radius 3 is 2.19 bits per heavy atom. The fourth-order valence-corrected chi connectivity index (χ4v) is 3.43. The number of hydrogen-bond acceptors (Lipinski definition) is 3. The van der Waals surface area contributed by atoms with Crippen LogP contribution in [-0.2, 0) is 0 Å². The van der Waals surface area contributed by atoms with Gasteiger partial charge in [-0.05, 0) is 68.6 Å². The van der Waals surface area contributed by atoms with Gasteiger partial charge in [0.2, 0.25) is 0 Å². The molecule has 1 fully saturated rings. The number of allylic oxidation sites excluding steroid dienone is 3. The Bertz CT molecular complexity index is 664. The van der Waals surface area contributed by atoms with E-state index in [1.54, 1.807) is 0 Å². The van der Waals surface area contributed by atoms with Gasteiger partial charge in [-0.1, -0.05) is 52.3 Å². The van der Waals surface area contributed by atoms with E-state index in [1.165, 1.54) is 11.1 Å². The van der Waals surface area contributed by atoms with Gasteiger partial charge in [0.15, 0.2) is 0 Å². The van der Waals surface area contributed by atoms with E-state index in [0.717, 1.165) is 74.6 Å². The molecule has 1 N–H and O–H groups in total. The lowest BCUT2D eigenvalue weighted by Gasteiger charge is -2.22. The van der Waals surface area contributed by atoms with Crippen molar-refractivity contribution in [1.29, 1.82) is 0 Å². The summed E-state index contributed by atoms with van der Waals surface area (Å²) in [6, 6.07) is 8.49. The van der Waals surface area contributed by atoms with Crippen molar-refractivity contribution >= 4 is 11.3 Å². The number of rotatable bonds is 11. The minimum Gasteiger partial charge on any atom is -0.358 e. The number of likely N-dealkylation sites (tertiary alicyclic amines) is 1. The average Bonchev–Trinajstić information content (AvgIpc) is 2.97. The molecule has 1 saturated heterocycles. The van der Waals surface area contributed by atoms with Crippen molar-refractivity contribution in [3.63, 3.8) is 0 Å². The second-order valence-corrected chi connectivity index (χ2v) is 7.26. The Labute approximate surface area is 165 Å². The standard InChI is InChI=1S/C24H35N3/c1-7-26(8-2)17-9-10-19(3)23-13-15-24(16-14-23)25-20(4)18-27-21(5)11-12-22(27)6/h13-16,25H,3-12,17-18H2,1-2H3. The van der Waals surface area contributed by atoms with Gasteiger partial charge in [-0.2, -0.15) is 0 Å². The number of anilines is 1. The number of benzene rings is 1. The Balaban J connectivity index is 1.82. The molecular weight excluding hydrogens is 330 g/mol. The van der Waals surface area contributed by atoms with Gasteiger partial charge < -0.3 is 15.1 Å². The third-order valence-corrected chi connectivity index (χ3v) is 5.28. The molecule has 0 spiro atoms. The van der Waals surface area contributed by atoms with Crippen LogP contribution in [0.2, 0.25) is 0 Å². The van der Waals surface area contributed by atoms with Crippen LogP contribution >= 0.6 is 0 Å². The molecule has 0 atom stereocenters. The van der Waals surface area contributed by atoms with Crippen LogP contribution in [0.5, 0.6) is 0 Å². The quantitative estimate of drug-likeness (QED) is 0.529. The van der Waals surface area contributed by atoms with Crippen LogP contribution in [0.3, 0.4) is 0 Å². The third kappa shape index (κ3) is 6.14. The smallest absolute Gasteiger partial charge is 0.0619 e. The molecule has 0 saturated carbocycles. The Morgan fingerprint density at radius 1 is 1.04 bits per heavy atom. The molecule has 1 aromatic carbocycles. The van der Waals surface area contributed by atoms with E-state index in [-0.39, 0.29) is 0 Å². The van der Waals surface area contributed by atoms with E-state index >= 15 is 0 Å². The number of nitrogens with one attached hydrogen (secondary N) is 1. The second-order valence-electron chi connectivity index (χ2n) is 7.26. The largest absolute Gasteiger partial charge is 0.358 e. The molecule has 3 heteroatoms. The molecule has 0 unspecified atom stereocenters. The van der Waals surface area contributed by atoms with Gasteiger partial charge in [-0.25, -0.2) is 0 Å². The fraction of sp³-hybridized carbons (Fsp3) is 0.417. The summed E-state index contributed by atoms with van der Waals surface area (Å²) in [6.45, 7) is 25.2. The van der Waals surface area contributed by atoms with Crippen LogP contribution < -0.4 is 5.32 Å². The topological polar surface area (TPSA) is 18.5 Å². The molecular formula is C24H35N3. The highest BCUT2D eigenvalue weighted by Crippen LogP contribution is 2.28. The van der Waals surface area contributed by atoms with Gasteiger partial charge in [-0.15, -0.1) is 0 Å². The molecule has 0 radical (unpaired) electrons. The molecule has 0 amide bonds. The fourth-order valence-electron chi connectivity index (χ4n) is 3.43. The molecule has 1 aliphatic heterocycles. The summed E-state index contributed by atoms with van der Waals surface area (Å²) >= 11 is 0. The lowest BCUT2D eigenvalue weighted by Crippen LogP contribution is -2.23. The second kappa shape index (κ2) is 10.2. The third-order valence-electron chi connectivity index (χ3n) is 5.28. The summed E-state index contributed by atoms with van der Waals surface area (Å²) in [5.41, 5.74) is 6.67. The number of nitrogens with zero attached hydrogens (tertiary/aromatic N) is 2. The Kier molecular flexibility index (Phi) is 7.93. The van der Waals surface area contributed by atoms with Gasteiger partial charge in [-0.3, -0.25) is 0 Å². The predicted octanol–water partition coefficient (Wildman–Crippen LogP) is 5.87. The summed E-state index contributed by atoms with van der Waals surface area (Å²) < 4.78 is 0. The van der Waals surface area contributed by atoms with Crippen molar-refractivity contribution in [1.82, 2.24) is 9.80 Å². The lowest BCUT2D eigenvalue weighted by atomic mass is 10.0. The summed E-state index contributed by atoms with van der Waals surface area (Å²) in [4.78, 5) is 4.61. The zero-order chi connectivity index (χ0) is 19.8. The maximum absolute atomic E-state index is 4.27. The van der Waals surface area contributed by atoms with Crippen LogP contribution in [0, 0.1) is 0 Å².